The standard InChI is InChI=1S/C12H14O4/c1-3-4-8-16-11-9(12(13)14)6-5-7-10(11)15-2/h3-7H,8H2,1-2H3,(H,13,14). The second kappa shape index (κ2) is 5.80. The zero-order chi connectivity index (χ0) is 12.0. The van der Waals surface area contributed by atoms with Crippen molar-refractivity contribution in [2.24, 2.45) is 0 Å². The van der Waals surface area contributed by atoms with E-state index in [1.165, 1.54) is 13.2 Å². The molecule has 0 aliphatic carbocycles. The molecule has 16 heavy (non-hydrogen) atoms. The Morgan fingerprint density at radius 1 is 1.50 bits per heavy atom. The van der Waals surface area contributed by atoms with Gasteiger partial charge >= 0.3 is 5.97 Å². The van der Waals surface area contributed by atoms with E-state index in [-0.39, 0.29) is 11.3 Å². The number of methoxy groups -OCH3 is 1. The highest BCUT2D eigenvalue weighted by atomic mass is 16.5. The third kappa shape index (κ3) is 2.76. The van der Waals surface area contributed by atoms with Gasteiger partial charge in [-0.05, 0) is 19.1 Å². The molecular formula is C12H14O4. The Labute approximate surface area is 94.1 Å². The van der Waals surface area contributed by atoms with E-state index in [1.54, 1.807) is 18.2 Å². The predicted octanol–water partition coefficient (Wildman–Crippen LogP) is 2.35. The maximum absolute atomic E-state index is 11.0. The number of hydrogen-bond acceptors (Lipinski definition) is 3. The van der Waals surface area contributed by atoms with E-state index >= 15 is 0 Å². The first-order chi connectivity index (χ1) is 7.70. The van der Waals surface area contributed by atoms with Crippen molar-refractivity contribution in [3.05, 3.63) is 35.9 Å². The Balaban J connectivity index is 3.04. The Kier molecular flexibility index (Phi) is 4.39. The molecular weight excluding hydrogens is 208 g/mol. The van der Waals surface area contributed by atoms with Crippen LogP contribution in [0.3, 0.4) is 0 Å². The van der Waals surface area contributed by atoms with Gasteiger partial charge < -0.3 is 14.6 Å². The van der Waals surface area contributed by atoms with Crippen LogP contribution in [0.4, 0.5) is 0 Å². The van der Waals surface area contributed by atoms with Crippen molar-refractivity contribution in [3.63, 3.8) is 0 Å². The third-order valence-corrected chi connectivity index (χ3v) is 1.99. The average Bonchev–Trinajstić information content (AvgIpc) is 2.29. The number of benzene rings is 1. The number of carboxylic acid groups (broad SMARTS) is 1. The van der Waals surface area contributed by atoms with E-state index in [9.17, 15) is 4.79 Å². The minimum Gasteiger partial charge on any atom is -0.493 e. The number of hydrogen-bond donors (Lipinski definition) is 1. The highest BCUT2D eigenvalue weighted by Crippen LogP contribution is 2.30. The molecule has 1 N–H and O–H groups in total. The summed E-state index contributed by atoms with van der Waals surface area (Å²) in [7, 11) is 1.48. The van der Waals surface area contributed by atoms with E-state index in [0.29, 0.717) is 12.4 Å². The van der Waals surface area contributed by atoms with Gasteiger partial charge in [0.05, 0.1) is 7.11 Å². The quantitative estimate of drug-likeness (QED) is 0.777. The zero-order valence-electron chi connectivity index (χ0n) is 9.27. The topological polar surface area (TPSA) is 55.8 Å². The van der Waals surface area contributed by atoms with E-state index < -0.39 is 5.97 Å². The van der Waals surface area contributed by atoms with Gasteiger partial charge in [0.2, 0.25) is 0 Å². The molecule has 0 saturated carbocycles. The van der Waals surface area contributed by atoms with Gasteiger partial charge in [-0.2, -0.15) is 0 Å². The van der Waals surface area contributed by atoms with Crippen molar-refractivity contribution in [2.45, 2.75) is 6.92 Å². The van der Waals surface area contributed by atoms with Gasteiger partial charge in [0, 0.05) is 0 Å². The zero-order valence-corrected chi connectivity index (χ0v) is 9.27. The van der Waals surface area contributed by atoms with Crippen molar-refractivity contribution in [1.29, 1.82) is 0 Å². The predicted molar refractivity (Wildman–Crippen MR) is 60.3 cm³/mol. The van der Waals surface area contributed by atoms with Crippen molar-refractivity contribution >= 4 is 5.97 Å². The van der Waals surface area contributed by atoms with E-state index in [0.717, 1.165) is 0 Å². The first-order valence-electron chi connectivity index (χ1n) is 4.85. The summed E-state index contributed by atoms with van der Waals surface area (Å²) in [5.74, 6) is -0.352. The molecule has 0 aromatic heterocycles. The number of para-hydroxylation sites is 1. The van der Waals surface area contributed by atoms with Gasteiger partial charge in [-0.3, -0.25) is 0 Å². The fourth-order valence-corrected chi connectivity index (χ4v) is 1.22. The third-order valence-electron chi connectivity index (χ3n) is 1.99. The molecule has 0 bridgehead atoms. The maximum atomic E-state index is 11.0. The average molecular weight is 222 g/mol. The minimum absolute atomic E-state index is 0.101. The maximum Gasteiger partial charge on any atom is 0.339 e. The molecule has 0 aliphatic heterocycles. The molecule has 1 rings (SSSR count). The van der Waals surface area contributed by atoms with Crippen LogP contribution in [-0.2, 0) is 0 Å². The van der Waals surface area contributed by atoms with Gasteiger partial charge in [0.25, 0.3) is 0 Å². The van der Waals surface area contributed by atoms with Crippen molar-refractivity contribution in [1.82, 2.24) is 0 Å². The molecule has 0 saturated heterocycles. The first-order valence-corrected chi connectivity index (χ1v) is 4.85. The van der Waals surface area contributed by atoms with Gasteiger partial charge in [0.1, 0.15) is 12.2 Å². The summed E-state index contributed by atoms with van der Waals surface area (Å²) in [6, 6.07) is 4.76. The lowest BCUT2D eigenvalue weighted by Gasteiger charge is -2.11. The lowest BCUT2D eigenvalue weighted by molar-refractivity contribution is 0.0692. The van der Waals surface area contributed by atoms with Crippen LogP contribution >= 0.6 is 0 Å². The summed E-state index contributed by atoms with van der Waals surface area (Å²) in [5, 5.41) is 8.99. The van der Waals surface area contributed by atoms with Gasteiger partial charge in [0.15, 0.2) is 11.5 Å². The van der Waals surface area contributed by atoms with Gasteiger partial charge in [-0.1, -0.05) is 18.2 Å². The summed E-state index contributed by atoms with van der Waals surface area (Å²) >= 11 is 0. The van der Waals surface area contributed by atoms with E-state index in [2.05, 4.69) is 0 Å². The van der Waals surface area contributed by atoms with Crippen LogP contribution in [0.25, 0.3) is 0 Å². The minimum atomic E-state index is -1.03. The summed E-state index contributed by atoms with van der Waals surface area (Å²) in [5.41, 5.74) is 0.101. The van der Waals surface area contributed by atoms with Gasteiger partial charge in [-0.25, -0.2) is 4.79 Å². The fourth-order valence-electron chi connectivity index (χ4n) is 1.22. The monoisotopic (exact) mass is 222 g/mol. The highest BCUT2D eigenvalue weighted by Gasteiger charge is 2.15. The smallest absolute Gasteiger partial charge is 0.339 e. The molecule has 0 unspecified atom stereocenters. The van der Waals surface area contributed by atoms with Gasteiger partial charge in [-0.15, -0.1) is 0 Å². The number of carboxylic acids is 1. The lowest BCUT2D eigenvalue weighted by Crippen LogP contribution is -2.04. The molecule has 0 amide bonds. The van der Waals surface area contributed by atoms with E-state index in [1.807, 2.05) is 13.0 Å². The summed E-state index contributed by atoms with van der Waals surface area (Å²) in [6.07, 6.45) is 3.62. The SMILES string of the molecule is CC=CCOc1c(OC)cccc1C(=O)O. The van der Waals surface area contributed by atoms with Crippen LogP contribution < -0.4 is 9.47 Å². The molecule has 4 heteroatoms. The van der Waals surface area contributed by atoms with Crippen LogP contribution in [0, 0.1) is 0 Å². The Morgan fingerprint density at radius 3 is 2.81 bits per heavy atom. The molecule has 0 atom stereocenters. The number of carbonyl (C=O) groups is 1. The Hall–Kier alpha value is -1.97. The van der Waals surface area contributed by atoms with Crippen molar-refractivity contribution in [2.75, 3.05) is 13.7 Å². The normalized spacial score (nSPS) is 10.4. The molecule has 0 radical (unpaired) electrons. The van der Waals surface area contributed by atoms with Crippen LogP contribution in [0.5, 0.6) is 11.5 Å². The summed E-state index contributed by atoms with van der Waals surface area (Å²) < 4.78 is 10.4. The Morgan fingerprint density at radius 2 is 2.25 bits per heavy atom. The van der Waals surface area contributed by atoms with Crippen molar-refractivity contribution < 1.29 is 19.4 Å². The lowest BCUT2D eigenvalue weighted by atomic mass is 10.2. The molecule has 4 nitrogen and oxygen atoms in total. The molecule has 0 heterocycles. The highest BCUT2D eigenvalue weighted by molar-refractivity contribution is 5.92. The molecule has 86 valence electrons. The number of rotatable bonds is 5. The second-order valence-electron chi connectivity index (χ2n) is 3.02. The molecule has 1 aromatic rings. The number of aromatic carboxylic acids is 1. The van der Waals surface area contributed by atoms with Crippen molar-refractivity contribution in [3.8, 4) is 11.5 Å². The van der Waals surface area contributed by atoms with Crippen LogP contribution in [0.1, 0.15) is 17.3 Å². The Bertz CT molecular complexity index is 396. The largest absolute Gasteiger partial charge is 0.493 e. The number of ether oxygens (including phenoxy) is 2. The second-order valence-corrected chi connectivity index (χ2v) is 3.02. The van der Waals surface area contributed by atoms with Crippen LogP contribution in [0.15, 0.2) is 30.4 Å². The first kappa shape index (κ1) is 12.1. The van der Waals surface area contributed by atoms with Crippen LogP contribution in [0.2, 0.25) is 0 Å². The molecule has 1 aromatic carbocycles. The summed E-state index contributed by atoms with van der Waals surface area (Å²) in [4.78, 5) is 11.0. The summed E-state index contributed by atoms with van der Waals surface area (Å²) in [6.45, 7) is 2.18. The fraction of sp³-hybridized carbons (Fsp3) is 0.250. The van der Waals surface area contributed by atoms with E-state index in [4.69, 9.17) is 14.6 Å². The molecule has 0 fully saturated rings. The molecule has 0 aliphatic rings. The van der Waals surface area contributed by atoms with Crippen LogP contribution in [-0.4, -0.2) is 24.8 Å². The number of allylic oxidation sites excluding steroid dienone is 1. The molecule has 0 spiro atoms.